The van der Waals surface area contributed by atoms with Crippen molar-refractivity contribution < 1.29 is 0 Å². The summed E-state index contributed by atoms with van der Waals surface area (Å²) in [6.45, 7) is 5.34. The fourth-order valence-electron chi connectivity index (χ4n) is 1.68. The third-order valence-corrected chi connectivity index (χ3v) is 2.55. The lowest BCUT2D eigenvalue weighted by atomic mass is 10.1. The largest absolute Gasteiger partial charge is 0.398 e. The third kappa shape index (κ3) is 2.08. The Balaban J connectivity index is 2.42. The van der Waals surface area contributed by atoms with Crippen LogP contribution in [0.2, 0.25) is 0 Å². The van der Waals surface area contributed by atoms with E-state index in [1.807, 2.05) is 24.4 Å². The predicted molar refractivity (Wildman–Crippen MR) is 69.5 cm³/mol. The summed E-state index contributed by atoms with van der Waals surface area (Å²) in [4.78, 5) is 4.10. The summed E-state index contributed by atoms with van der Waals surface area (Å²) >= 11 is 0. The molecule has 0 aliphatic carbocycles. The van der Waals surface area contributed by atoms with E-state index >= 15 is 0 Å². The van der Waals surface area contributed by atoms with E-state index in [0.717, 1.165) is 28.7 Å². The molecular formula is C13H17N3. The van der Waals surface area contributed by atoms with Crippen LogP contribution in [0.4, 0.5) is 11.4 Å². The lowest BCUT2D eigenvalue weighted by molar-refractivity contribution is 0.689. The molecule has 2 aromatic rings. The first-order valence-corrected chi connectivity index (χ1v) is 5.54. The number of nitrogens with zero attached hydrogens (tertiary/aromatic N) is 1. The molecule has 0 atom stereocenters. The molecule has 0 saturated carbocycles. The number of nitrogens with two attached hydrogens (primary N) is 1. The molecule has 0 bridgehead atoms. The van der Waals surface area contributed by atoms with Crippen LogP contribution in [0.5, 0.6) is 0 Å². The summed E-state index contributed by atoms with van der Waals surface area (Å²) in [6, 6.07) is 5.95. The average molecular weight is 215 g/mol. The van der Waals surface area contributed by atoms with E-state index in [1.54, 1.807) is 6.20 Å². The van der Waals surface area contributed by atoms with Crippen LogP contribution in [0, 0.1) is 5.92 Å². The van der Waals surface area contributed by atoms with E-state index in [-0.39, 0.29) is 0 Å². The molecule has 1 heterocycles. The molecule has 0 fully saturated rings. The molecular weight excluding hydrogens is 198 g/mol. The molecule has 0 spiro atoms. The highest BCUT2D eigenvalue weighted by Crippen LogP contribution is 2.27. The number of aromatic nitrogens is 1. The van der Waals surface area contributed by atoms with Crippen molar-refractivity contribution in [3.05, 3.63) is 30.6 Å². The Morgan fingerprint density at radius 3 is 2.81 bits per heavy atom. The smallest absolute Gasteiger partial charge is 0.0422 e. The first-order chi connectivity index (χ1) is 7.68. The van der Waals surface area contributed by atoms with Crippen LogP contribution in [-0.4, -0.2) is 11.5 Å². The number of hydrogen-bond donors (Lipinski definition) is 2. The summed E-state index contributed by atoms with van der Waals surface area (Å²) in [5.41, 5.74) is 7.81. The van der Waals surface area contributed by atoms with E-state index in [2.05, 4.69) is 24.1 Å². The second-order valence-corrected chi connectivity index (χ2v) is 4.40. The van der Waals surface area contributed by atoms with Crippen molar-refractivity contribution in [2.75, 3.05) is 17.6 Å². The van der Waals surface area contributed by atoms with Gasteiger partial charge in [0.05, 0.1) is 0 Å². The number of nitrogen functional groups attached to an aromatic ring is 1. The molecule has 84 valence electrons. The van der Waals surface area contributed by atoms with E-state index in [0.29, 0.717) is 5.92 Å². The van der Waals surface area contributed by atoms with Crippen LogP contribution >= 0.6 is 0 Å². The van der Waals surface area contributed by atoms with Crippen LogP contribution in [0.1, 0.15) is 13.8 Å². The van der Waals surface area contributed by atoms with Gasteiger partial charge in [-0.05, 0) is 24.1 Å². The molecule has 0 saturated heterocycles. The Bertz CT molecular complexity index is 492. The second kappa shape index (κ2) is 4.39. The molecule has 0 radical (unpaired) electrons. The molecule has 1 aromatic carbocycles. The first-order valence-electron chi connectivity index (χ1n) is 5.54. The average Bonchev–Trinajstić information content (AvgIpc) is 2.28. The van der Waals surface area contributed by atoms with Gasteiger partial charge in [-0.3, -0.25) is 4.98 Å². The Morgan fingerprint density at radius 2 is 2.06 bits per heavy atom. The maximum Gasteiger partial charge on any atom is 0.0422 e. The lowest BCUT2D eigenvalue weighted by Crippen LogP contribution is -2.08. The maximum atomic E-state index is 5.91. The van der Waals surface area contributed by atoms with Gasteiger partial charge < -0.3 is 11.1 Å². The highest BCUT2D eigenvalue weighted by atomic mass is 14.9. The number of hydrogen-bond acceptors (Lipinski definition) is 3. The minimum absolute atomic E-state index is 0.620. The highest BCUT2D eigenvalue weighted by Gasteiger charge is 2.03. The zero-order valence-corrected chi connectivity index (χ0v) is 9.70. The first kappa shape index (κ1) is 10.7. The fourth-order valence-corrected chi connectivity index (χ4v) is 1.68. The predicted octanol–water partition coefficient (Wildman–Crippen LogP) is 2.88. The lowest BCUT2D eigenvalue weighted by Gasteiger charge is -2.12. The van der Waals surface area contributed by atoms with Gasteiger partial charge in [0.2, 0.25) is 0 Å². The summed E-state index contributed by atoms with van der Waals surface area (Å²) in [6.07, 6.45) is 3.60. The van der Waals surface area contributed by atoms with Crippen LogP contribution in [0.15, 0.2) is 30.6 Å². The minimum atomic E-state index is 0.620. The van der Waals surface area contributed by atoms with Gasteiger partial charge in [-0.2, -0.15) is 0 Å². The second-order valence-electron chi connectivity index (χ2n) is 4.40. The molecule has 0 aliphatic heterocycles. The van der Waals surface area contributed by atoms with Crippen molar-refractivity contribution in [2.45, 2.75) is 13.8 Å². The molecule has 0 unspecified atom stereocenters. The molecule has 2 rings (SSSR count). The highest BCUT2D eigenvalue weighted by molar-refractivity contribution is 6.00. The van der Waals surface area contributed by atoms with Gasteiger partial charge in [-0.25, -0.2) is 0 Å². The number of anilines is 2. The summed E-state index contributed by atoms with van der Waals surface area (Å²) in [7, 11) is 0. The monoisotopic (exact) mass is 215 g/mol. The van der Waals surface area contributed by atoms with Crippen molar-refractivity contribution in [2.24, 2.45) is 5.92 Å². The zero-order valence-electron chi connectivity index (χ0n) is 9.70. The Hall–Kier alpha value is -1.77. The zero-order chi connectivity index (χ0) is 11.5. The van der Waals surface area contributed by atoms with Crippen LogP contribution < -0.4 is 11.1 Å². The Labute approximate surface area is 95.7 Å². The third-order valence-electron chi connectivity index (χ3n) is 2.55. The summed E-state index contributed by atoms with van der Waals surface area (Å²) in [5, 5.41) is 5.58. The van der Waals surface area contributed by atoms with E-state index < -0.39 is 0 Å². The van der Waals surface area contributed by atoms with Gasteiger partial charge in [0.25, 0.3) is 0 Å². The van der Waals surface area contributed by atoms with Crippen molar-refractivity contribution in [1.82, 2.24) is 4.98 Å². The summed E-state index contributed by atoms with van der Waals surface area (Å²) < 4.78 is 0. The quantitative estimate of drug-likeness (QED) is 0.774. The van der Waals surface area contributed by atoms with E-state index in [9.17, 15) is 0 Å². The molecule has 1 aromatic heterocycles. The number of nitrogens with one attached hydrogen (secondary N) is 1. The molecule has 16 heavy (non-hydrogen) atoms. The summed E-state index contributed by atoms with van der Waals surface area (Å²) in [5.74, 6) is 0.620. The van der Waals surface area contributed by atoms with Crippen molar-refractivity contribution in [1.29, 1.82) is 0 Å². The van der Waals surface area contributed by atoms with E-state index in [1.165, 1.54) is 0 Å². The fraction of sp³-hybridized carbons (Fsp3) is 0.308. The number of benzene rings is 1. The molecule has 3 nitrogen and oxygen atoms in total. The van der Waals surface area contributed by atoms with Crippen molar-refractivity contribution in [3.8, 4) is 0 Å². The molecule has 0 amide bonds. The number of fused-ring (bicyclic) bond motifs is 1. The van der Waals surface area contributed by atoms with E-state index in [4.69, 9.17) is 5.73 Å². The normalized spacial score (nSPS) is 10.9. The van der Waals surface area contributed by atoms with Gasteiger partial charge in [-0.15, -0.1) is 0 Å². The van der Waals surface area contributed by atoms with Gasteiger partial charge in [0.1, 0.15) is 0 Å². The standard InChI is InChI=1S/C13H17N3/c1-9(2)7-16-13-4-3-12(14)11-8-15-6-5-10(11)13/h3-6,8-9,16H,7,14H2,1-2H3. The molecule has 3 heteroatoms. The van der Waals surface area contributed by atoms with Crippen LogP contribution in [-0.2, 0) is 0 Å². The number of rotatable bonds is 3. The molecule has 0 aliphatic rings. The van der Waals surface area contributed by atoms with Gasteiger partial charge in [0.15, 0.2) is 0 Å². The SMILES string of the molecule is CC(C)CNc1ccc(N)c2cnccc12. The number of pyridine rings is 1. The molecule has 3 N–H and O–H groups in total. The van der Waals surface area contributed by atoms with Crippen molar-refractivity contribution >= 4 is 22.1 Å². The van der Waals surface area contributed by atoms with Crippen LogP contribution in [0.25, 0.3) is 10.8 Å². The van der Waals surface area contributed by atoms with Crippen molar-refractivity contribution in [3.63, 3.8) is 0 Å². The van der Waals surface area contributed by atoms with Gasteiger partial charge in [-0.1, -0.05) is 13.8 Å². The minimum Gasteiger partial charge on any atom is -0.398 e. The topological polar surface area (TPSA) is 50.9 Å². The van der Waals surface area contributed by atoms with Gasteiger partial charge in [0, 0.05) is 41.1 Å². The Kier molecular flexibility index (Phi) is 2.95. The van der Waals surface area contributed by atoms with Crippen LogP contribution in [0.3, 0.4) is 0 Å². The van der Waals surface area contributed by atoms with Gasteiger partial charge >= 0.3 is 0 Å². The Morgan fingerprint density at radius 1 is 1.25 bits per heavy atom. The maximum absolute atomic E-state index is 5.91.